The van der Waals surface area contributed by atoms with Gasteiger partial charge in [-0.05, 0) is 23.1 Å². The first-order valence-corrected chi connectivity index (χ1v) is 9.05. The molecule has 1 atom stereocenters. The number of anilines is 1. The number of thioether (sulfide) groups is 1. The van der Waals surface area contributed by atoms with Crippen molar-refractivity contribution in [3.05, 3.63) is 64.7 Å². The molecule has 23 heavy (non-hydrogen) atoms. The SMILES string of the molecule is CC(C)c1cccc2c1N1C(=O)c3ccccc3C1(O)CSC2. The fourth-order valence-electron chi connectivity index (χ4n) is 3.63. The molecule has 0 saturated carbocycles. The zero-order chi connectivity index (χ0) is 16.2. The number of rotatable bonds is 1. The topological polar surface area (TPSA) is 40.5 Å². The Morgan fingerprint density at radius 1 is 1.17 bits per heavy atom. The van der Waals surface area contributed by atoms with Crippen molar-refractivity contribution in [1.82, 2.24) is 0 Å². The lowest BCUT2D eigenvalue weighted by atomic mass is 9.96. The summed E-state index contributed by atoms with van der Waals surface area (Å²) < 4.78 is 0. The van der Waals surface area contributed by atoms with Crippen molar-refractivity contribution in [3.63, 3.8) is 0 Å². The van der Waals surface area contributed by atoms with Gasteiger partial charge in [0.1, 0.15) is 0 Å². The molecule has 0 spiro atoms. The number of para-hydroxylation sites is 1. The molecule has 2 aliphatic rings. The monoisotopic (exact) mass is 325 g/mol. The Balaban J connectivity index is 2.01. The average molecular weight is 325 g/mol. The van der Waals surface area contributed by atoms with Gasteiger partial charge in [0.05, 0.1) is 5.69 Å². The maximum Gasteiger partial charge on any atom is 0.261 e. The Hall–Kier alpha value is -1.78. The molecule has 2 aromatic carbocycles. The first-order chi connectivity index (χ1) is 11.0. The van der Waals surface area contributed by atoms with Gasteiger partial charge in [-0.1, -0.05) is 50.2 Å². The third-order valence-electron chi connectivity index (χ3n) is 4.72. The van der Waals surface area contributed by atoms with Crippen molar-refractivity contribution < 1.29 is 9.90 Å². The average Bonchev–Trinajstić information content (AvgIpc) is 2.67. The highest BCUT2D eigenvalue weighted by atomic mass is 32.2. The number of hydrogen-bond donors (Lipinski definition) is 1. The predicted molar refractivity (Wildman–Crippen MR) is 93.8 cm³/mol. The van der Waals surface area contributed by atoms with E-state index in [0.29, 0.717) is 11.3 Å². The third kappa shape index (κ3) is 1.98. The fourth-order valence-corrected chi connectivity index (χ4v) is 4.75. The molecule has 2 aromatic rings. The molecule has 1 unspecified atom stereocenters. The van der Waals surface area contributed by atoms with Crippen LogP contribution in [0.15, 0.2) is 42.5 Å². The molecule has 1 N–H and O–H groups in total. The summed E-state index contributed by atoms with van der Waals surface area (Å²) in [6.07, 6.45) is 0. The molecule has 118 valence electrons. The molecule has 0 fully saturated rings. The molecule has 1 amide bonds. The number of carbonyl (C=O) groups is 1. The number of nitrogens with zero attached hydrogens (tertiary/aromatic N) is 1. The summed E-state index contributed by atoms with van der Waals surface area (Å²) >= 11 is 1.68. The molecule has 0 saturated heterocycles. The highest BCUT2D eigenvalue weighted by Gasteiger charge is 2.51. The minimum Gasteiger partial charge on any atom is -0.366 e. The van der Waals surface area contributed by atoms with Gasteiger partial charge in [0.15, 0.2) is 5.72 Å². The number of benzene rings is 2. The summed E-state index contributed by atoms with van der Waals surface area (Å²) in [5, 5.41) is 11.5. The zero-order valence-electron chi connectivity index (χ0n) is 13.2. The third-order valence-corrected chi connectivity index (χ3v) is 5.84. The Morgan fingerprint density at radius 2 is 1.96 bits per heavy atom. The normalized spacial score (nSPS) is 22.6. The standard InChI is InChI=1S/C19H19NO2S/c1-12(2)14-8-5-6-13-10-23-11-19(22)16-9-4-3-7-15(16)18(21)20(19)17(13)14/h3-9,12,22H,10-11H2,1-2H3. The lowest BCUT2D eigenvalue weighted by molar-refractivity contribution is 0.0593. The maximum atomic E-state index is 13.1. The molecular formula is C19H19NO2S. The lowest BCUT2D eigenvalue weighted by Crippen LogP contribution is -2.46. The first-order valence-electron chi connectivity index (χ1n) is 7.90. The van der Waals surface area contributed by atoms with E-state index >= 15 is 0 Å². The van der Waals surface area contributed by atoms with Crippen molar-refractivity contribution >= 4 is 23.4 Å². The molecule has 0 radical (unpaired) electrons. The quantitative estimate of drug-likeness (QED) is 0.865. The van der Waals surface area contributed by atoms with Crippen molar-refractivity contribution in [2.75, 3.05) is 10.7 Å². The highest BCUT2D eigenvalue weighted by molar-refractivity contribution is 7.98. The van der Waals surface area contributed by atoms with Crippen molar-refractivity contribution in [1.29, 1.82) is 0 Å². The van der Waals surface area contributed by atoms with Gasteiger partial charge in [-0.2, -0.15) is 11.8 Å². The molecule has 4 rings (SSSR count). The van der Waals surface area contributed by atoms with E-state index in [0.717, 1.165) is 28.1 Å². The Kier molecular flexibility index (Phi) is 3.29. The largest absolute Gasteiger partial charge is 0.366 e. The van der Waals surface area contributed by atoms with Crippen LogP contribution in [-0.2, 0) is 11.5 Å². The molecule has 0 bridgehead atoms. The maximum absolute atomic E-state index is 13.1. The smallest absolute Gasteiger partial charge is 0.261 e. The number of amides is 1. The van der Waals surface area contributed by atoms with Crippen LogP contribution in [0.5, 0.6) is 0 Å². The van der Waals surface area contributed by atoms with Crippen LogP contribution in [-0.4, -0.2) is 16.8 Å². The summed E-state index contributed by atoms with van der Waals surface area (Å²) in [7, 11) is 0. The van der Waals surface area contributed by atoms with Gasteiger partial charge in [0, 0.05) is 22.6 Å². The summed E-state index contributed by atoms with van der Waals surface area (Å²) in [5.41, 5.74) is 3.22. The molecule has 0 aromatic heterocycles. The van der Waals surface area contributed by atoms with Crippen LogP contribution < -0.4 is 4.90 Å². The molecule has 0 aliphatic carbocycles. The number of hydrogen-bond acceptors (Lipinski definition) is 3. The Labute approximate surface area is 140 Å². The van der Waals surface area contributed by atoms with Crippen molar-refractivity contribution in [2.24, 2.45) is 0 Å². The van der Waals surface area contributed by atoms with E-state index in [2.05, 4.69) is 26.0 Å². The summed E-state index contributed by atoms with van der Waals surface area (Å²) in [6, 6.07) is 13.6. The lowest BCUT2D eigenvalue weighted by Gasteiger charge is -2.34. The van der Waals surface area contributed by atoms with Gasteiger partial charge < -0.3 is 5.11 Å². The summed E-state index contributed by atoms with van der Waals surface area (Å²) in [4.78, 5) is 14.7. The summed E-state index contributed by atoms with van der Waals surface area (Å²) in [6.45, 7) is 4.25. The minimum atomic E-state index is -1.26. The van der Waals surface area contributed by atoms with Gasteiger partial charge in [0.2, 0.25) is 0 Å². The van der Waals surface area contributed by atoms with Crippen molar-refractivity contribution in [2.45, 2.75) is 31.2 Å². The second-order valence-electron chi connectivity index (χ2n) is 6.51. The molecular weight excluding hydrogens is 306 g/mol. The van der Waals surface area contributed by atoms with Gasteiger partial charge in [0.25, 0.3) is 5.91 Å². The molecule has 2 heterocycles. The number of carbonyl (C=O) groups excluding carboxylic acids is 1. The second-order valence-corrected chi connectivity index (χ2v) is 7.49. The highest BCUT2D eigenvalue weighted by Crippen LogP contribution is 2.49. The van der Waals surface area contributed by atoms with Crippen LogP contribution in [0.4, 0.5) is 5.69 Å². The number of aliphatic hydroxyl groups is 1. The van der Waals surface area contributed by atoms with E-state index in [1.165, 1.54) is 0 Å². The van der Waals surface area contributed by atoms with Crippen LogP contribution in [0.2, 0.25) is 0 Å². The van der Waals surface area contributed by atoms with Gasteiger partial charge in [-0.15, -0.1) is 0 Å². The molecule has 4 heteroatoms. The van der Waals surface area contributed by atoms with E-state index in [1.807, 2.05) is 30.3 Å². The minimum absolute atomic E-state index is 0.0973. The van der Waals surface area contributed by atoms with Crippen LogP contribution in [0.1, 0.15) is 46.8 Å². The molecule has 2 aliphatic heterocycles. The number of fused-ring (bicyclic) bond motifs is 5. The predicted octanol–water partition coefficient (Wildman–Crippen LogP) is 3.86. The zero-order valence-corrected chi connectivity index (χ0v) is 14.1. The van der Waals surface area contributed by atoms with Gasteiger partial charge >= 0.3 is 0 Å². The van der Waals surface area contributed by atoms with Gasteiger partial charge in [-0.3, -0.25) is 9.69 Å². The van der Waals surface area contributed by atoms with Crippen molar-refractivity contribution in [3.8, 4) is 0 Å². The van der Waals surface area contributed by atoms with E-state index in [-0.39, 0.29) is 11.8 Å². The second kappa shape index (κ2) is 5.11. The van der Waals surface area contributed by atoms with Crippen LogP contribution in [0, 0.1) is 0 Å². The van der Waals surface area contributed by atoms with Crippen LogP contribution in [0.3, 0.4) is 0 Å². The molecule has 3 nitrogen and oxygen atoms in total. The van der Waals surface area contributed by atoms with Gasteiger partial charge in [-0.25, -0.2) is 0 Å². The Bertz CT molecular complexity index is 802. The van der Waals surface area contributed by atoms with Crippen LogP contribution in [0.25, 0.3) is 0 Å². The van der Waals surface area contributed by atoms with E-state index < -0.39 is 5.72 Å². The fraction of sp³-hybridized carbons (Fsp3) is 0.316. The Morgan fingerprint density at radius 3 is 2.74 bits per heavy atom. The van der Waals surface area contributed by atoms with Crippen LogP contribution >= 0.6 is 11.8 Å². The first kappa shape index (κ1) is 14.8. The van der Waals surface area contributed by atoms with E-state index in [1.54, 1.807) is 16.7 Å². The van der Waals surface area contributed by atoms with E-state index in [9.17, 15) is 9.90 Å². The summed E-state index contributed by atoms with van der Waals surface area (Å²) in [5.74, 6) is 1.49. The van der Waals surface area contributed by atoms with E-state index in [4.69, 9.17) is 0 Å².